The van der Waals surface area contributed by atoms with Crippen molar-refractivity contribution in [2.24, 2.45) is 0 Å². The average molecular weight is 323 g/mol. The molecule has 0 fully saturated rings. The van der Waals surface area contributed by atoms with E-state index in [4.69, 9.17) is 47.3 Å². The molecule has 0 saturated carbocycles. The second-order valence-corrected chi connectivity index (χ2v) is 0. The molecule has 0 aliphatic rings. The molecule has 0 aromatic rings. The fourth-order valence-electron chi connectivity index (χ4n) is 0. The van der Waals surface area contributed by atoms with Crippen LogP contribution in [0, 0.1) is 47.3 Å². The maximum atomic E-state index is 6.25. The second kappa shape index (κ2) is 1350. The summed E-state index contributed by atoms with van der Waals surface area (Å²) in [5.74, 6) is 0. The molecular formula is C4MgN4Pt. The van der Waals surface area contributed by atoms with Crippen molar-refractivity contribution >= 4 is 23.1 Å². The first-order valence-corrected chi connectivity index (χ1v) is 0.894. The minimum atomic E-state index is 0. The van der Waals surface area contributed by atoms with Crippen LogP contribution < -0.4 is 0 Å². The molecule has 48 valence electrons. The van der Waals surface area contributed by atoms with E-state index in [0.29, 0.717) is 0 Å². The van der Waals surface area contributed by atoms with Crippen molar-refractivity contribution in [3.05, 3.63) is 26.3 Å². The van der Waals surface area contributed by atoms with Crippen molar-refractivity contribution in [3.8, 4) is 0 Å². The summed E-state index contributed by atoms with van der Waals surface area (Å²) < 4.78 is 0. The van der Waals surface area contributed by atoms with Crippen LogP contribution in [0.3, 0.4) is 0 Å². The van der Waals surface area contributed by atoms with Gasteiger partial charge in [0.15, 0.2) is 0 Å². The van der Waals surface area contributed by atoms with Crippen LogP contribution in [0.2, 0.25) is 0 Å². The van der Waals surface area contributed by atoms with Crippen molar-refractivity contribution in [1.82, 2.24) is 0 Å². The predicted octanol–water partition coefficient (Wildman–Crippen LogP) is 0.00218. The van der Waals surface area contributed by atoms with E-state index in [-0.39, 0.29) is 44.1 Å². The van der Waals surface area contributed by atoms with Crippen LogP contribution in [0.25, 0.3) is 0 Å². The maximum absolute atomic E-state index is 6.25. The van der Waals surface area contributed by atoms with Gasteiger partial charge in [-0.1, -0.05) is 0 Å². The van der Waals surface area contributed by atoms with Crippen LogP contribution in [0.1, 0.15) is 0 Å². The molecule has 10 heavy (non-hydrogen) atoms. The van der Waals surface area contributed by atoms with E-state index in [1.807, 2.05) is 0 Å². The third-order valence-corrected chi connectivity index (χ3v) is 0. The first-order chi connectivity index (χ1) is 4.00. The van der Waals surface area contributed by atoms with E-state index < -0.39 is 0 Å². The summed E-state index contributed by atoms with van der Waals surface area (Å²) in [6, 6.07) is 0. The van der Waals surface area contributed by atoms with E-state index in [9.17, 15) is 0 Å². The number of hydrogen-bond donors (Lipinski definition) is 0. The Labute approximate surface area is 91.1 Å². The Kier molecular flexibility index (Phi) is 7720. The van der Waals surface area contributed by atoms with Gasteiger partial charge < -0.3 is 47.3 Å². The van der Waals surface area contributed by atoms with E-state index >= 15 is 0 Å². The van der Waals surface area contributed by atoms with Gasteiger partial charge in [-0.15, -0.1) is 0 Å². The van der Waals surface area contributed by atoms with Crippen molar-refractivity contribution in [2.75, 3.05) is 0 Å². The molecule has 0 spiro atoms. The van der Waals surface area contributed by atoms with E-state index in [1.165, 1.54) is 0 Å². The van der Waals surface area contributed by atoms with Crippen LogP contribution >= 0.6 is 0 Å². The number of hydrogen-bond acceptors (Lipinski definition) is 4. The van der Waals surface area contributed by atoms with Crippen molar-refractivity contribution < 1.29 is 21.1 Å². The smallest absolute Gasteiger partial charge is 0.512 e. The standard InChI is InChI=1S/4CN.Mg.Pt/c4*1-2;;/q4*-1;2*+2. The zero-order chi connectivity index (χ0) is 8.00. The molecule has 0 aromatic heterocycles. The minimum absolute atomic E-state index is 0. The SMILES string of the molecule is [C-]#N.[C-]#N.[C-]#N.[C-]#N.[Mg+2].[Pt+2]. The molecule has 0 heterocycles. The van der Waals surface area contributed by atoms with Crippen molar-refractivity contribution in [1.29, 1.82) is 21.0 Å². The Morgan fingerprint density at radius 1 is 0.500 bits per heavy atom. The molecule has 6 heteroatoms. The van der Waals surface area contributed by atoms with Gasteiger partial charge in [-0.25, -0.2) is 0 Å². The normalized spacial score (nSPS) is 0.800. The summed E-state index contributed by atoms with van der Waals surface area (Å²) >= 11 is 0. The first kappa shape index (κ1) is 57.2. The van der Waals surface area contributed by atoms with Gasteiger partial charge >= 0.3 is 44.1 Å². The van der Waals surface area contributed by atoms with Crippen LogP contribution in [0.5, 0.6) is 0 Å². The molecule has 0 amide bonds. The summed E-state index contributed by atoms with van der Waals surface area (Å²) in [6.45, 7) is 19.0. The molecule has 0 bridgehead atoms. The third-order valence-electron chi connectivity index (χ3n) is 0. The summed E-state index contributed by atoms with van der Waals surface area (Å²) in [5, 5.41) is 25.0. The quantitative estimate of drug-likeness (QED) is 0.463. The van der Waals surface area contributed by atoms with Crippen molar-refractivity contribution in [2.45, 2.75) is 0 Å². The van der Waals surface area contributed by atoms with Crippen LogP contribution in [-0.4, -0.2) is 23.1 Å². The molecule has 0 N–H and O–H groups in total. The monoisotopic (exact) mass is 323 g/mol. The molecule has 0 unspecified atom stereocenters. The second-order valence-electron chi connectivity index (χ2n) is 0. The molecule has 0 rings (SSSR count). The van der Waals surface area contributed by atoms with Gasteiger partial charge in [0, 0.05) is 0 Å². The van der Waals surface area contributed by atoms with Gasteiger partial charge in [-0.2, -0.15) is 0 Å². The summed E-state index contributed by atoms with van der Waals surface area (Å²) in [5.41, 5.74) is 0. The molecular weight excluding hydrogens is 323 g/mol. The molecule has 0 aromatic carbocycles. The third kappa shape index (κ3) is 890. The van der Waals surface area contributed by atoms with Gasteiger partial charge in [0.05, 0.1) is 0 Å². The molecule has 0 radical (unpaired) electrons. The predicted molar refractivity (Wildman–Crippen MR) is 25.6 cm³/mol. The minimum Gasteiger partial charge on any atom is -0.512 e. The zero-order valence-corrected chi connectivity index (χ0v) is 8.50. The number of nitrogens with zero attached hydrogens (tertiary/aromatic N) is 4. The molecule has 0 aliphatic heterocycles. The Hall–Kier alpha value is -0.585. The van der Waals surface area contributed by atoms with Crippen LogP contribution in [-0.2, 0) is 21.1 Å². The fraction of sp³-hybridized carbons (Fsp3) is 0. The Balaban J connectivity index is -0.00000000500. The Bertz CT molecular complexity index is 60.2. The molecule has 0 aliphatic carbocycles. The topological polar surface area (TPSA) is 95.2 Å². The van der Waals surface area contributed by atoms with Gasteiger partial charge in [0.1, 0.15) is 0 Å². The molecule has 0 atom stereocenters. The van der Waals surface area contributed by atoms with E-state index in [2.05, 4.69) is 0 Å². The molecule has 0 saturated heterocycles. The van der Waals surface area contributed by atoms with E-state index in [1.54, 1.807) is 0 Å². The fourth-order valence-corrected chi connectivity index (χ4v) is 0. The summed E-state index contributed by atoms with van der Waals surface area (Å²) in [4.78, 5) is 0. The molecule has 4 nitrogen and oxygen atoms in total. The van der Waals surface area contributed by atoms with Gasteiger partial charge in [-0.3, -0.25) is 0 Å². The van der Waals surface area contributed by atoms with Gasteiger partial charge in [0.25, 0.3) is 0 Å². The van der Waals surface area contributed by atoms with Gasteiger partial charge in [0.2, 0.25) is 0 Å². The Morgan fingerprint density at radius 3 is 0.500 bits per heavy atom. The van der Waals surface area contributed by atoms with Crippen LogP contribution in [0.15, 0.2) is 0 Å². The summed E-state index contributed by atoms with van der Waals surface area (Å²) in [6.07, 6.45) is 0. The first-order valence-electron chi connectivity index (χ1n) is 0.894. The maximum Gasteiger partial charge on any atom is 2.00 e. The van der Waals surface area contributed by atoms with Crippen molar-refractivity contribution in [3.63, 3.8) is 0 Å². The summed E-state index contributed by atoms with van der Waals surface area (Å²) in [7, 11) is 0. The average Bonchev–Trinajstić information content (AvgIpc) is 2.03. The van der Waals surface area contributed by atoms with E-state index in [0.717, 1.165) is 0 Å². The zero-order valence-electron chi connectivity index (χ0n) is 4.81. The number of rotatable bonds is 0. The van der Waals surface area contributed by atoms with Crippen LogP contribution in [0.4, 0.5) is 0 Å². The Morgan fingerprint density at radius 2 is 0.500 bits per heavy atom. The largest absolute Gasteiger partial charge is 2.00 e. The van der Waals surface area contributed by atoms with Gasteiger partial charge in [-0.05, 0) is 0 Å².